The van der Waals surface area contributed by atoms with E-state index in [1.165, 1.54) is 0 Å². The number of carbonyl (C=O) groups excluding carboxylic acids is 3. The van der Waals surface area contributed by atoms with Crippen molar-refractivity contribution >= 4 is 17.9 Å². The average Bonchev–Trinajstić information content (AvgIpc) is 2.78. The van der Waals surface area contributed by atoms with Crippen LogP contribution in [-0.4, -0.2) is 59.2 Å². The molecule has 2 fully saturated rings. The van der Waals surface area contributed by atoms with E-state index in [1.807, 2.05) is 0 Å². The van der Waals surface area contributed by atoms with Crippen LogP contribution in [0.1, 0.15) is 77.5 Å². The molecule has 3 amide bonds. The highest BCUT2D eigenvalue weighted by Gasteiger charge is 2.51. The largest absolute Gasteiger partial charge is 0.487 e. The Morgan fingerprint density at radius 1 is 1.27 bits per heavy atom. The lowest BCUT2D eigenvalue weighted by Gasteiger charge is -2.53. The van der Waals surface area contributed by atoms with E-state index in [2.05, 4.69) is 44.3 Å². The molecule has 5 atom stereocenters. The van der Waals surface area contributed by atoms with Crippen molar-refractivity contribution in [2.75, 3.05) is 13.1 Å². The van der Waals surface area contributed by atoms with Crippen molar-refractivity contribution in [2.24, 2.45) is 17.6 Å². The number of aryl methyl sites for hydroxylation is 1. The van der Waals surface area contributed by atoms with Crippen LogP contribution < -0.4 is 15.8 Å². The summed E-state index contributed by atoms with van der Waals surface area (Å²) in [6.07, 6.45) is 0.988. The van der Waals surface area contributed by atoms with Crippen molar-refractivity contribution in [3.05, 3.63) is 29.3 Å². The fraction of sp³-hybridized carbons (Fsp3) is 0.679. The second-order valence-electron chi connectivity index (χ2n) is 12.2. The van der Waals surface area contributed by atoms with Crippen molar-refractivity contribution < 1.29 is 28.6 Å². The van der Waals surface area contributed by atoms with E-state index in [1.54, 1.807) is 25.7 Å². The van der Waals surface area contributed by atoms with Gasteiger partial charge in [-0.15, -0.1) is 0 Å². The summed E-state index contributed by atoms with van der Waals surface area (Å²) in [5, 5.41) is 2.66. The van der Waals surface area contributed by atoms with Crippen LogP contribution in [0.5, 0.6) is 5.75 Å². The van der Waals surface area contributed by atoms with Gasteiger partial charge in [0.15, 0.2) is 0 Å². The number of rotatable bonds is 5. The Kier molecular flexibility index (Phi) is 7.48. The van der Waals surface area contributed by atoms with E-state index in [0.29, 0.717) is 19.5 Å². The van der Waals surface area contributed by atoms with Gasteiger partial charge in [0.1, 0.15) is 23.0 Å². The number of nitrogens with one attached hydrogen (secondary N) is 1. The number of hydrogen-bond acceptors (Lipinski definition) is 6. The molecule has 9 nitrogen and oxygen atoms in total. The molecule has 0 aliphatic carbocycles. The summed E-state index contributed by atoms with van der Waals surface area (Å²) in [6, 6.07) is 5.40. The number of fused-ring (bicyclic) bond motifs is 4. The van der Waals surface area contributed by atoms with Gasteiger partial charge in [-0.05, 0) is 72.4 Å². The molecule has 9 heteroatoms. The highest BCUT2D eigenvalue weighted by Crippen LogP contribution is 2.53. The van der Waals surface area contributed by atoms with E-state index in [4.69, 9.17) is 19.9 Å². The Morgan fingerprint density at radius 3 is 2.68 bits per heavy atom. The van der Waals surface area contributed by atoms with Crippen molar-refractivity contribution in [3.8, 4) is 5.75 Å². The number of carbonyl (C=O) groups is 3. The minimum Gasteiger partial charge on any atom is -0.487 e. The van der Waals surface area contributed by atoms with Crippen LogP contribution in [0.4, 0.5) is 4.79 Å². The predicted molar refractivity (Wildman–Crippen MR) is 138 cm³/mol. The fourth-order valence-corrected chi connectivity index (χ4v) is 5.83. The standard InChI is InChI=1S/C28H41N3O6/c1-16-7-8-18-22(13-16)36-28(5,6)19-14-17-15-31(12-11-21(17)35-24(18)19)25(33)20(9-10-23(29)32)30-26(34)37-27(2,3)4/h7-8,13,17,19-21,24H,9-12,14-15H2,1-6H3,(H2,29,32)(H,30,34)/t17-,19+,20-,21+,24-/m0/s1. The third-order valence-corrected chi connectivity index (χ3v) is 7.63. The third kappa shape index (κ3) is 6.20. The first kappa shape index (κ1) is 27.2. The molecule has 0 spiro atoms. The zero-order chi connectivity index (χ0) is 27.1. The van der Waals surface area contributed by atoms with Gasteiger partial charge in [-0.2, -0.15) is 0 Å². The summed E-state index contributed by atoms with van der Waals surface area (Å²) >= 11 is 0. The molecule has 3 aliphatic rings. The number of hydrogen-bond donors (Lipinski definition) is 2. The topological polar surface area (TPSA) is 120 Å². The molecule has 0 aromatic heterocycles. The Balaban J connectivity index is 1.47. The second-order valence-corrected chi connectivity index (χ2v) is 12.2. The molecule has 0 bridgehead atoms. The highest BCUT2D eigenvalue weighted by atomic mass is 16.6. The maximum Gasteiger partial charge on any atom is 0.408 e. The van der Waals surface area contributed by atoms with Crippen LogP contribution in [-0.2, 0) is 19.1 Å². The predicted octanol–water partition coefficient (Wildman–Crippen LogP) is 3.62. The van der Waals surface area contributed by atoms with Gasteiger partial charge in [-0.3, -0.25) is 9.59 Å². The zero-order valence-corrected chi connectivity index (χ0v) is 22.8. The molecule has 2 saturated heterocycles. The number of piperidine rings is 1. The van der Waals surface area contributed by atoms with Crippen molar-refractivity contribution in [1.29, 1.82) is 0 Å². The first-order valence-electron chi connectivity index (χ1n) is 13.2. The minimum absolute atomic E-state index is 0.0105. The molecule has 1 aromatic carbocycles. The lowest BCUT2D eigenvalue weighted by Crippen LogP contribution is -2.58. The molecule has 0 unspecified atom stereocenters. The average molecular weight is 516 g/mol. The number of benzene rings is 1. The molecule has 1 aromatic rings. The lowest BCUT2D eigenvalue weighted by atomic mass is 9.70. The second kappa shape index (κ2) is 10.2. The Morgan fingerprint density at radius 2 is 2.00 bits per heavy atom. The Bertz CT molecular complexity index is 1050. The van der Waals surface area contributed by atoms with Crippen LogP contribution in [0, 0.1) is 18.8 Å². The summed E-state index contributed by atoms with van der Waals surface area (Å²) in [6.45, 7) is 12.6. The summed E-state index contributed by atoms with van der Waals surface area (Å²) in [5.74, 6) is 0.427. The fourth-order valence-electron chi connectivity index (χ4n) is 5.83. The van der Waals surface area contributed by atoms with Crippen LogP contribution in [0.15, 0.2) is 18.2 Å². The molecule has 3 N–H and O–H groups in total. The molecular formula is C28H41N3O6. The van der Waals surface area contributed by atoms with E-state index >= 15 is 0 Å². The van der Waals surface area contributed by atoms with Gasteiger partial charge in [-0.25, -0.2) is 4.79 Å². The lowest BCUT2D eigenvalue weighted by molar-refractivity contribution is -0.189. The summed E-state index contributed by atoms with van der Waals surface area (Å²) in [4.78, 5) is 39.2. The van der Waals surface area contributed by atoms with Crippen molar-refractivity contribution in [3.63, 3.8) is 0 Å². The van der Waals surface area contributed by atoms with E-state index in [9.17, 15) is 14.4 Å². The third-order valence-electron chi connectivity index (χ3n) is 7.63. The molecule has 3 aliphatic heterocycles. The summed E-state index contributed by atoms with van der Waals surface area (Å²) in [7, 11) is 0. The molecule has 4 rings (SSSR count). The molecule has 0 saturated carbocycles. The van der Waals surface area contributed by atoms with Crippen molar-refractivity contribution in [2.45, 2.75) is 96.7 Å². The highest BCUT2D eigenvalue weighted by molar-refractivity contribution is 5.86. The van der Waals surface area contributed by atoms with Gasteiger partial charge in [0, 0.05) is 36.9 Å². The first-order chi connectivity index (χ1) is 17.2. The maximum absolute atomic E-state index is 13.5. The molecule has 3 heterocycles. The smallest absolute Gasteiger partial charge is 0.408 e. The monoisotopic (exact) mass is 515 g/mol. The van der Waals surface area contributed by atoms with Crippen molar-refractivity contribution in [1.82, 2.24) is 10.2 Å². The Hall–Kier alpha value is -2.81. The number of likely N-dealkylation sites (tertiary alicyclic amines) is 1. The minimum atomic E-state index is -0.888. The molecular weight excluding hydrogens is 474 g/mol. The van der Waals surface area contributed by atoms with Crippen LogP contribution in [0.25, 0.3) is 0 Å². The number of alkyl carbamates (subject to hydrolysis) is 1. The normalized spacial score (nSPS) is 27.0. The van der Waals surface area contributed by atoms with Gasteiger partial charge in [0.2, 0.25) is 11.8 Å². The van der Waals surface area contributed by atoms with Gasteiger partial charge >= 0.3 is 6.09 Å². The zero-order valence-electron chi connectivity index (χ0n) is 22.8. The number of primary amides is 1. The van der Waals surface area contributed by atoms with Gasteiger partial charge < -0.3 is 30.2 Å². The summed E-state index contributed by atoms with van der Waals surface area (Å²) in [5.41, 5.74) is 6.46. The van der Waals surface area contributed by atoms with E-state index in [-0.39, 0.29) is 42.8 Å². The molecule has 0 radical (unpaired) electrons. The maximum atomic E-state index is 13.5. The van der Waals surface area contributed by atoms with Gasteiger partial charge in [0.25, 0.3) is 0 Å². The number of amides is 3. The van der Waals surface area contributed by atoms with Crippen LogP contribution >= 0.6 is 0 Å². The number of ether oxygens (including phenoxy) is 3. The SMILES string of the molecule is Cc1ccc2c(c1)OC(C)(C)[C@@H]1C[C@H]3CN(C(=O)[C@H](CCC(N)=O)NC(=O)OC(C)(C)C)CC[C@H]3O[C@@H]21. The van der Waals surface area contributed by atoms with Gasteiger partial charge in [0.05, 0.1) is 12.2 Å². The summed E-state index contributed by atoms with van der Waals surface area (Å²) < 4.78 is 18.5. The molecule has 37 heavy (non-hydrogen) atoms. The van der Waals surface area contributed by atoms with Crippen LogP contribution in [0.2, 0.25) is 0 Å². The number of nitrogens with zero attached hydrogens (tertiary/aromatic N) is 1. The first-order valence-corrected chi connectivity index (χ1v) is 13.2. The van der Waals surface area contributed by atoms with E-state index in [0.717, 1.165) is 23.3 Å². The number of nitrogens with two attached hydrogens (primary N) is 1. The Labute approximate surface area is 219 Å². The van der Waals surface area contributed by atoms with Gasteiger partial charge in [-0.1, -0.05) is 12.1 Å². The quantitative estimate of drug-likeness (QED) is 0.618. The molecule has 204 valence electrons. The van der Waals surface area contributed by atoms with Crippen LogP contribution in [0.3, 0.4) is 0 Å². The van der Waals surface area contributed by atoms with E-state index < -0.39 is 29.2 Å².